The van der Waals surface area contributed by atoms with Crippen LogP contribution >= 0.6 is 15.9 Å². The van der Waals surface area contributed by atoms with Crippen molar-refractivity contribution in [1.82, 2.24) is 4.98 Å². The normalized spacial score (nSPS) is 10.1. The minimum atomic E-state index is -0.938. The molecule has 1 heterocycles. The van der Waals surface area contributed by atoms with E-state index in [2.05, 4.69) is 20.9 Å². The number of carboxylic acid groups (broad SMARTS) is 1. The summed E-state index contributed by atoms with van der Waals surface area (Å²) in [7, 11) is 0. The first-order chi connectivity index (χ1) is 7.66. The maximum Gasteiger partial charge on any atom is 0.335 e. The van der Waals surface area contributed by atoms with E-state index in [1.54, 1.807) is 24.5 Å². The average Bonchev–Trinajstić information content (AvgIpc) is 2.29. The summed E-state index contributed by atoms with van der Waals surface area (Å²) in [5.74, 6) is -0.938. The van der Waals surface area contributed by atoms with Crippen molar-refractivity contribution in [3.63, 3.8) is 0 Å². The second-order valence-electron chi connectivity index (χ2n) is 3.28. The molecule has 0 saturated carbocycles. The van der Waals surface area contributed by atoms with Gasteiger partial charge in [-0.05, 0) is 29.8 Å². The molecule has 0 aliphatic heterocycles. The number of aromatic carboxylic acids is 1. The number of rotatable bonds is 2. The molecule has 0 spiro atoms. The van der Waals surface area contributed by atoms with Gasteiger partial charge in [-0.2, -0.15) is 0 Å². The maximum absolute atomic E-state index is 10.9. The number of hydrogen-bond donors (Lipinski definition) is 1. The number of carbonyl (C=O) groups is 1. The Kier molecular flexibility index (Phi) is 3.01. The summed E-state index contributed by atoms with van der Waals surface area (Å²) < 4.78 is 0.742. The SMILES string of the molecule is O=C(O)c1cc(Br)cc(-c2cccnc2)c1. The molecule has 1 N–H and O–H groups in total. The van der Waals surface area contributed by atoms with E-state index >= 15 is 0 Å². The minimum Gasteiger partial charge on any atom is -0.478 e. The molecule has 4 heteroatoms. The lowest BCUT2D eigenvalue weighted by Crippen LogP contribution is -1.96. The van der Waals surface area contributed by atoms with Crippen molar-refractivity contribution in [3.8, 4) is 11.1 Å². The van der Waals surface area contributed by atoms with Gasteiger partial charge in [0.1, 0.15) is 0 Å². The van der Waals surface area contributed by atoms with Crippen molar-refractivity contribution in [3.05, 3.63) is 52.8 Å². The van der Waals surface area contributed by atoms with Gasteiger partial charge >= 0.3 is 5.97 Å². The molecule has 1 aromatic carbocycles. The van der Waals surface area contributed by atoms with Crippen molar-refractivity contribution < 1.29 is 9.90 Å². The van der Waals surface area contributed by atoms with Crippen molar-refractivity contribution in [2.75, 3.05) is 0 Å². The maximum atomic E-state index is 10.9. The highest BCUT2D eigenvalue weighted by molar-refractivity contribution is 9.10. The summed E-state index contributed by atoms with van der Waals surface area (Å²) in [4.78, 5) is 14.9. The fourth-order valence-corrected chi connectivity index (χ4v) is 1.91. The summed E-state index contributed by atoms with van der Waals surface area (Å²) in [5.41, 5.74) is 1.99. The quantitative estimate of drug-likeness (QED) is 0.917. The largest absolute Gasteiger partial charge is 0.478 e. The van der Waals surface area contributed by atoms with Crippen LogP contribution in [0.5, 0.6) is 0 Å². The van der Waals surface area contributed by atoms with E-state index in [4.69, 9.17) is 5.11 Å². The highest BCUT2D eigenvalue weighted by Crippen LogP contribution is 2.24. The van der Waals surface area contributed by atoms with E-state index in [-0.39, 0.29) is 5.56 Å². The molecule has 16 heavy (non-hydrogen) atoms. The molecule has 0 atom stereocenters. The Balaban J connectivity index is 2.54. The van der Waals surface area contributed by atoms with Crippen LogP contribution in [0.3, 0.4) is 0 Å². The molecule has 0 bridgehead atoms. The number of hydrogen-bond acceptors (Lipinski definition) is 2. The van der Waals surface area contributed by atoms with Crippen LogP contribution in [0, 0.1) is 0 Å². The van der Waals surface area contributed by atoms with Crippen LogP contribution in [0.25, 0.3) is 11.1 Å². The van der Waals surface area contributed by atoms with Gasteiger partial charge in [-0.25, -0.2) is 4.79 Å². The Bertz CT molecular complexity index is 526. The second-order valence-corrected chi connectivity index (χ2v) is 4.19. The Morgan fingerprint density at radius 1 is 1.25 bits per heavy atom. The fourth-order valence-electron chi connectivity index (χ4n) is 1.41. The molecule has 0 unspecified atom stereocenters. The molecule has 0 radical (unpaired) electrons. The van der Waals surface area contributed by atoms with E-state index in [9.17, 15) is 4.79 Å². The van der Waals surface area contributed by atoms with Crippen molar-refractivity contribution in [2.24, 2.45) is 0 Å². The molecular weight excluding hydrogens is 270 g/mol. The third-order valence-electron chi connectivity index (χ3n) is 2.14. The predicted molar refractivity (Wildman–Crippen MR) is 64.3 cm³/mol. The molecule has 3 nitrogen and oxygen atoms in total. The molecule has 0 aliphatic carbocycles. The first kappa shape index (κ1) is 10.8. The molecular formula is C12H8BrNO2. The first-order valence-corrected chi connectivity index (χ1v) is 5.40. The Labute approximate surface area is 101 Å². The van der Waals surface area contributed by atoms with E-state index in [1.807, 2.05) is 18.2 Å². The van der Waals surface area contributed by atoms with Gasteiger partial charge in [-0.3, -0.25) is 4.98 Å². The average molecular weight is 278 g/mol. The lowest BCUT2D eigenvalue weighted by atomic mass is 10.1. The smallest absolute Gasteiger partial charge is 0.335 e. The van der Waals surface area contributed by atoms with E-state index in [0.717, 1.165) is 15.6 Å². The Hall–Kier alpha value is -1.68. The number of carboxylic acids is 1. The lowest BCUT2D eigenvalue weighted by molar-refractivity contribution is 0.0697. The Morgan fingerprint density at radius 2 is 2.06 bits per heavy atom. The van der Waals surface area contributed by atoms with Gasteiger partial charge in [-0.1, -0.05) is 22.0 Å². The number of halogens is 1. The zero-order valence-corrected chi connectivity index (χ0v) is 9.81. The third kappa shape index (κ3) is 2.28. The highest BCUT2D eigenvalue weighted by atomic mass is 79.9. The molecule has 2 aromatic rings. The highest BCUT2D eigenvalue weighted by Gasteiger charge is 2.07. The monoisotopic (exact) mass is 277 g/mol. The fraction of sp³-hybridized carbons (Fsp3) is 0. The van der Waals surface area contributed by atoms with Crippen molar-refractivity contribution in [2.45, 2.75) is 0 Å². The number of pyridine rings is 1. The molecule has 0 saturated heterocycles. The third-order valence-corrected chi connectivity index (χ3v) is 2.60. The van der Waals surface area contributed by atoms with Gasteiger partial charge < -0.3 is 5.11 Å². The number of nitrogens with zero attached hydrogens (tertiary/aromatic N) is 1. The molecule has 0 aliphatic rings. The zero-order chi connectivity index (χ0) is 11.5. The first-order valence-electron chi connectivity index (χ1n) is 4.61. The molecule has 0 fully saturated rings. The number of benzene rings is 1. The van der Waals surface area contributed by atoms with Crippen LogP contribution in [0.1, 0.15) is 10.4 Å². The van der Waals surface area contributed by atoms with Crippen LogP contribution in [-0.4, -0.2) is 16.1 Å². The van der Waals surface area contributed by atoms with Crippen molar-refractivity contribution >= 4 is 21.9 Å². The van der Waals surface area contributed by atoms with E-state index < -0.39 is 5.97 Å². The predicted octanol–water partition coefficient (Wildman–Crippen LogP) is 3.21. The van der Waals surface area contributed by atoms with Gasteiger partial charge in [0.25, 0.3) is 0 Å². The van der Waals surface area contributed by atoms with Crippen LogP contribution in [0.2, 0.25) is 0 Å². The van der Waals surface area contributed by atoms with Crippen LogP contribution in [-0.2, 0) is 0 Å². The molecule has 1 aromatic heterocycles. The van der Waals surface area contributed by atoms with Crippen LogP contribution in [0.4, 0.5) is 0 Å². The topological polar surface area (TPSA) is 50.2 Å². The lowest BCUT2D eigenvalue weighted by Gasteiger charge is -2.03. The molecule has 0 amide bonds. The van der Waals surface area contributed by atoms with Gasteiger partial charge in [0, 0.05) is 22.4 Å². The minimum absolute atomic E-state index is 0.258. The van der Waals surface area contributed by atoms with Gasteiger partial charge in [-0.15, -0.1) is 0 Å². The molecule has 2 rings (SSSR count). The van der Waals surface area contributed by atoms with Gasteiger partial charge in [0.15, 0.2) is 0 Å². The van der Waals surface area contributed by atoms with E-state index in [1.165, 1.54) is 0 Å². The summed E-state index contributed by atoms with van der Waals surface area (Å²) in [6.45, 7) is 0. The second kappa shape index (κ2) is 4.45. The standard InChI is InChI=1S/C12H8BrNO2/c13-11-5-9(4-10(6-11)12(15)16)8-2-1-3-14-7-8/h1-7H,(H,15,16). The summed E-state index contributed by atoms with van der Waals surface area (Å²) in [6.07, 6.45) is 3.38. The summed E-state index contributed by atoms with van der Waals surface area (Å²) in [6, 6.07) is 8.77. The zero-order valence-electron chi connectivity index (χ0n) is 8.22. The van der Waals surface area contributed by atoms with Crippen LogP contribution < -0.4 is 0 Å². The van der Waals surface area contributed by atoms with Crippen LogP contribution in [0.15, 0.2) is 47.2 Å². The summed E-state index contributed by atoms with van der Waals surface area (Å²) >= 11 is 3.29. The number of aromatic nitrogens is 1. The molecule has 80 valence electrons. The van der Waals surface area contributed by atoms with Gasteiger partial charge in [0.05, 0.1) is 5.56 Å². The summed E-state index contributed by atoms with van der Waals surface area (Å²) in [5, 5.41) is 8.94. The Morgan fingerprint density at radius 3 is 2.69 bits per heavy atom. The van der Waals surface area contributed by atoms with Gasteiger partial charge in [0.2, 0.25) is 0 Å². The van der Waals surface area contributed by atoms with Crippen molar-refractivity contribution in [1.29, 1.82) is 0 Å². The van der Waals surface area contributed by atoms with E-state index in [0.29, 0.717) is 0 Å².